The number of morpholine rings is 1. The molecule has 0 amide bonds. The molecule has 0 spiro atoms. The van der Waals surface area contributed by atoms with E-state index in [0.717, 1.165) is 19.7 Å². The second-order valence-electron chi connectivity index (χ2n) is 5.49. The van der Waals surface area contributed by atoms with Crippen LogP contribution in [0.2, 0.25) is 0 Å². The van der Waals surface area contributed by atoms with Crippen molar-refractivity contribution >= 4 is 0 Å². The summed E-state index contributed by atoms with van der Waals surface area (Å²) in [6.07, 6.45) is 4.19. The van der Waals surface area contributed by atoms with E-state index < -0.39 is 0 Å². The van der Waals surface area contributed by atoms with Gasteiger partial charge in [-0.25, -0.2) is 0 Å². The van der Waals surface area contributed by atoms with Gasteiger partial charge in [-0.1, -0.05) is 6.92 Å². The molecule has 3 heteroatoms. The van der Waals surface area contributed by atoms with Crippen LogP contribution >= 0.6 is 0 Å². The molecule has 3 nitrogen and oxygen atoms in total. The van der Waals surface area contributed by atoms with Crippen molar-refractivity contribution in [2.24, 2.45) is 0 Å². The third-order valence-corrected chi connectivity index (χ3v) is 3.56. The molecule has 3 atom stereocenters. The van der Waals surface area contributed by atoms with Gasteiger partial charge in [-0.05, 0) is 53.1 Å². The normalized spacial score (nSPS) is 28.2. The van der Waals surface area contributed by atoms with Crippen LogP contribution in [0.25, 0.3) is 0 Å². The SMILES string of the molecule is CCCNC(C)CCCN1CC(C)OCC1C. The lowest BCUT2D eigenvalue weighted by Gasteiger charge is -2.36. The van der Waals surface area contributed by atoms with Gasteiger partial charge in [0.05, 0.1) is 12.7 Å². The summed E-state index contributed by atoms with van der Waals surface area (Å²) in [5.41, 5.74) is 0. The predicted molar refractivity (Wildman–Crippen MR) is 73.4 cm³/mol. The van der Waals surface area contributed by atoms with Gasteiger partial charge in [0.15, 0.2) is 0 Å². The van der Waals surface area contributed by atoms with Gasteiger partial charge >= 0.3 is 0 Å². The van der Waals surface area contributed by atoms with Crippen molar-refractivity contribution < 1.29 is 4.74 Å². The van der Waals surface area contributed by atoms with Crippen molar-refractivity contribution in [1.82, 2.24) is 10.2 Å². The second kappa shape index (κ2) is 8.06. The molecular formula is C14H30N2O. The smallest absolute Gasteiger partial charge is 0.0674 e. The highest BCUT2D eigenvalue weighted by atomic mass is 16.5. The molecule has 1 rings (SSSR count). The lowest BCUT2D eigenvalue weighted by molar-refractivity contribution is -0.0497. The number of hydrogen-bond acceptors (Lipinski definition) is 3. The molecule has 1 heterocycles. The minimum absolute atomic E-state index is 0.404. The average molecular weight is 242 g/mol. The first-order valence-corrected chi connectivity index (χ1v) is 7.22. The Morgan fingerprint density at radius 2 is 2.18 bits per heavy atom. The third kappa shape index (κ3) is 5.84. The molecule has 0 aromatic rings. The first-order chi connectivity index (χ1) is 8.13. The molecule has 1 aliphatic rings. The van der Waals surface area contributed by atoms with Crippen LogP contribution in [-0.2, 0) is 4.74 Å². The van der Waals surface area contributed by atoms with E-state index in [1.54, 1.807) is 0 Å². The summed E-state index contributed by atoms with van der Waals surface area (Å²) in [7, 11) is 0. The van der Waals surface area contributed by atoms with Crippen molar-refractivity contribution in [2.45, 2.75) is 65.1 Å². The third-order valence-electron chi connectivity index (χ3n) is 3.56. The van der Waals surface area contributed by atoms with Gasteiger partial charge in [0, 0.05) is 18.6 Å². The molecule has 102 valence electrons. The van der Waals surface area contributed by atoms with Crippen LogP contribution in [0.3, 0.4) is 0 Å². The van der Waals surface area contributed by atoms with Crippen LogP contribution < -0.4 is 5.32 Å². The number of nitrogens with zero attached hydrogens (tertiary/aromatic N) is 1. The minimum Gasteiger partial charge on any atom is -0.376 e. The van der Waals surface area contributed by atoms with Gasteiger partial charge < -0.3 is 10.1 Å². The zero-order chi connectivity index (χ0) is 12.7. The molecule has 0 saturated carbocycles. The minimum atomic E-state index is 0.404. The maximum Gasteiger partial charge on any atom is 0.0674 e. The van der Waals surface area contributed by atoms with Crippen molar-refractivity contribution in [3.8, 4) is 0 Å². The number of rotatable bonds is 7. The fraction of sp³-hybridized carbons (Fsp3) is 1.00. The molecular weight excluding hydrogens is 212 g/mol. The molecule has 3 unspecified atom stereocenters. The van der Waals surface area contributed by atoms with E-state index in [0.29, 0.717) is 18.2 Å². The lowest BCUT2D eigenvalue weighted by atomic mass is 10.1. The quantitative estimate of drug-likeness (QED) is 0.741. The molecule has 0 bridgehead atoms. The topological polar surface area (TPSA) is 24.5 Å². The monoisotopic (exact) mass is 242 g/mol. The summed E-state index contributed by atoms with van der Waals surface area (Å²) >= 11 is 0. The van der Waals surface area contributed by atoms with Crippen LogP contribution in [-0.4, -0.2) is 49.3 Å². The van der Waals surface area contributed by atoms with Gasteiger partial charge in [-0.2, -0.15) is 0 Å². The van der Waals surface area contributed by atoms with Crippen molar-refractivity contribution in [2.75, 3.05) is 26.2 Å². The summed E-state index contributed by atoms with van der Waals surface area (Å²) in [6, 6.07) is 1.24. The Morgan fingerprint density at radius 3 is 2.88 bits per heavy atom. The first kappa shape index (κ1) is 14.9. The highest BCUT2D eigenvalue weighted by molar-refractivity contribution is 4.75. The van der Waals surface area contributed by atoms with Crippen LogP contribution in [0.1, 0.15) is 47.0 Å². The fourth-order valence-corrected chi connectivity index (χ4v) is 2.38. The van der Waals surface area contributed by atoms with Gasteiger partial charge in [-0.3, -0.25) is 4.90 Å². The molecule has 0 aromatic heterocycles. The molecule has 0 radical (unpaired) electrons. The molecule has 0 aliphatic carbocycles. The van der Waals surface area contributed by atoms with Crippen LogP contribution in [0.15, 0.2) is 0 Å². The van der Waals surface area contributed by atoms with Gasteiger partial charge in [0.1, 0.15) is 0 Å². The second-order valence-corrected chi connectivity index (χ2v) is 5.49. The van der Waals surface area contributed by atoms with E-state index in [9.17, 15) is 0 Å². The van der Waals surface area contributed by atoms with Gasteiger partial charge in [0.25, 0.3) is 0 Å². The van der Waals surface area contributed by atoms with Crippen LogP contribution in [0.4, 0.5) is 0 Å². The van der Waals surface area contributed by atoms with Crippen molar-refractivity contribution in [3.63, 3.8) is 0 Å². The fourth-order valence-electron chi connectivity index (χ4n) is 2.38. The molecule has 1 saturated heterocycles. The maximum atomic E-state index is 5.65. The Kier molecular flexibility index (Phi) is 7.09. The molecule has 0 aromatic carbocycles. The Morgan fingerprint density at radius 1 is 1.41 bits per heavy atom. The molecule has 17 heavy (non-hydrogen) atoms. The van der Waals surface area contributed by atoms with Gasteiger partial charge in [0.2, 0.25) is 0 Å². The largest absolute Gasteiger partial charge is 0.376 e. The predicted octanol–water partition coefficient (Wildman–Crippen LogP) is 2.26. The van der Waals surface area contributed by atoms with E-state index in [4.69, 9.17) is 4.74 Å². The zero-order valence-electron chi connectivity index (χ0n) is 12.0. The van der Waals surface area contributed by atoms with E-state index in [2.05, 4.69) is 37.9 Å². The van der Waals surface area contributed by atoms with E-state index in [-0.39, 0.29) is 0 Å². The lowest BCUT2D eigenvalue weighted by Crippen LogP contribution is -2.47. The molecule has 1 N–H and O–H groups in total. The van der Waals surface area contributed by atoms with E-state index >= 15 is 0 Å². The zero-order valence-corrected chi connectivity index (χ0v) is 12.0. The Labute approximate surface area is 107 Å². The standard InChI is InChI=1S/C14H30N2O/c1-5-8-15-12(2)7-6-9-16-10-14(4)17-11-13(16)3/h12-15H,5-11H2,1-4H3. The van der Waals surface area contributed by atoms with Crippen molar-refractivity contribution in [1.29, 1.82) is 0 Å². The Bertz CT molecular complexity index is 199. The summed E-state index contributed by atoms with van der Waals surface area (Å²) in [5.74, 6) is 0. The summed E-state index contributed by atoms with van der Waals surface area (Å²) in [4.78, 5) is 2.57. The highest BCUT2D eigenvalue weighted by Gasteiger charge is 2.22. The van der Waals surface area contributed by atoms with Gasteiger partial charge in [-0.15, -0.1) is 0 Å². The number of ether oxygens (including phenoxy) is 1. The maximum absolute atomic E-state index is 5.65. The Balaban J connectivity index is 2.12. The van der Waals surface area contributed by atoms with E-state index in [1.807, 2.05) is 0 Å². The van der Waals surface area contributed by atoms with Crippen LogP contribution in [0, 0.1) is 0 Å². The number of nitrogens with one attached hydrogen (secondary N) is 1. The summed E-state index contributed by atoms with van der Waals surface area (Å²) in [5, 5.41) is 3.55. The van der Waals surface area contributed by atoms with Crippen molar-refractivity contribution in [3.05, 3.63) is 0 Å². The van der Waals surface area contributed by atoms with E-state index in [1.165, 1.54) is 25.8 Å². The number of hydrogen-bond donors (Lipinski definition) is 1. The van der Waals surface area contributed by atoms with Crippen LogP contribution in [0.5, 0.6) is 0 Å². The Hall–Kier alpha value is -0.120. The molecule has 1 fully saturated rings. The molecule has 1 aliphatic heterocycles. The highest BCUT2D eigenvalue weighted by Crippen LogP contribution is 2.12. The first-order valence-electron chi connectivity index (χ1n) is 7.22. The summed E-state index contributed by atoms with van der Waals surface area (Å²) in [6.45, 7) is 13.3. The average Bonchev–Trinajstić information content (AvgIpc) is 2.31. The summed E-state index contributed by atoms with van der Waals surface area (Å²) < 4.78 is 5.65.